The largest absolute Gasteiger partial charge is 0.505 e. The third-order valence-corrected chi connectivity index (χ3v) is 3.02. The number of hydrogen-bond donors (Lipinski definition) is 2. The maximum atomic E-state index is 13.4. The number of halogens is 1. The highest BCUT2D eigenvalue weighted by Gasteiger charge is 2.18. The second kappa shape index (κ2) is 4.19. The summed E-state index contributed by atoms with van der Waals surface area (Å²) < 4.78 is 13.4. The highest BCUT2D eigenvalue weighted by Crippen LogP contribution is 2.26. The zero-order valence-electron chi connectivity index (χ0n) is 8.89. The molecule has 1 saturated heterocycles. The SMILES string of the molecule is Cc1ccc(CC2CCCN2)c(O)c1F. The van der Waals surface area contributed by atoms with Crippen molar-refractivity contribution >= 4 is 0 Å². The Morgan fingerprint density at radius 3 is 3.00 bits per heavy atom. The van der Waals surface area contributed by atoms with E-state index in [1.165, 1.54) is 6.42 Å². The van der Waals surface area contributed by atoms with E-state index in [9.17, 15) is 9.50 Å². The van der Waals surface area contributed by atoms with Crippen molar-refractivity contribution in [3.05, 3.63) is 29.1 Å². The lowest BCUT2D eigenvalue weighted by molar-refractivity contribution is 0.419. The molecule has 0 saturated carbocycles. The molecular formula is C12H16FNO. The van der Waals surface area contributed by atoms with Crippen LogP contribution in [0.25, 0.3) is 0 Å². The number of nitrogens with one attached hydrogen (secondary N) is 1. The number of phenolic OH excluding ortho intramolecular Hbond substituents is 1. The van der Waals surface area contributed by atoms with Crippen LogP contribution in [0.4, 0.5) is 4.39 Å². The lowest BCUT2D eigenvalue weighted by Gasteiger charge is -2.12. The Morgan fingerprint density at radius 2 is 2.33 bits per heavy atom. The van der Waals surface area contributed by atoms with Crippen LogP contribution in [0.2, 0.25) is 0 Å². The van der Waals surface area contributed by atoms with Crippen LogP contribution in [0.1, 0.15) is 24.0 Å². The Morgan fingerprint density at radius 1 is 1.53 bits per heavy atom. The average Bonchev–Trinajstić information content (AvgIpc) is 2.72. The zero-order valence-corrected chi connectivity index (χ0v) is 8.89. The molecule has 1 aliphatic rings. The van der Waals surface area contributed by atoms with Gasteiger partial charge >= 0.3 is 0 Å². The van der Waals surface area contributed by atoms with E-state index in [1.54, 1.807) is 13.0 Å². The first-order valence-corrected chi connectivity index (χ1v) is 5.39. The van der Waals surface area contributed by atoms with Crippen molar-refractivity contribution in [3.63, 3.8) is 0 Å². The summed E-state index contributed by atoms with van der Waals surface area (Å²) in [6.07, 6.45) is 2.98. The topological polar surface area (TPSA) is 32.3 Å². The molecule has 1 heterocycles. The molecule has 1 aliphatic heterocycles. The Labute approximate surface area is 89.1 Å². The minimum atomic E-state index is -0.481. The van der Waals surface area contributed by atoms with Crippen LogP contribution in [-0.2, 0) is 6.42 Å². The van der Waals surface area contributed by atoms with E-state index in [4.69, 9.17) is 0 Å². The molecule has 15 heavy (non-hydrogen) atoms. The molecule has 2 nitrogen and oxygen atoms in total. The quantitative estimate of drug-likeness (QED) is 0.782. The number of phenols is 1. The van der Waals surface area contributed by atoms with Gasteiger partial charge in [-0.3, -0.25) is 0 Å². The maximum absolute atomic E-state index is 13.4. The van der Waals surface area contributed by atoms with E-state index in [1.807, 2.05) is 6.07 Å². The number of hydrogen-bond acceptors (Lipinski definition) is 2. The first-order chi connectivity index (χ1) is 7.18. The summed E-state index contributed by atoms with van der Waals surface area (Å²) in [5.74, 6) is -0.658. The smallest absolute Gasteiger partial charge is 0.167 e. The van der Waals surface area contributed by atoms with Gasteiger partial charge in [-0.15, -0.1) is 0 Å². The summed E-state index contributed by atoms with van der Waals surface area (Å²) in [5, 5.41) is 13.0. The standard InChI is InChI=1S/C12H16FNO/c1-8-4-5-9(12(15)11(8)13)7-10-3-2-6-14-10/h4-5,10,14-15H,2-3,6-7H2,1H3. The van der Waals surface area contributed by atoms with Crippen molar-refractivity contribution < 1.29 is 9.50 Å². The van der Waals surface area contributed by atoms with Gasteiger partial charge < -0.3 is 10.4 Å². The van der Waals surface area contributed by atoms with Crippen molar-refractivity contribution in [3.8, 4) is 5.75 Å². The van der Waals surface area contributed by atoms with Crippen molar-refractivity contribution in [1.82, 2.24) is 5.32 Å². The summed E-state index contributed by atoms with van der Waals surface area (Å²) in [5.41, 5.74) is 1.20. The maximum Gasteiger partial charge on any atom is 0.167 e. The Bertz CT molecular complexity index is 359. The molecular weight excluding hydrogens is 193 g/mol. The minimum absolute atomic E-state index is 0.177. The first kappa shape index (κ1) is 10.4. The summed E-state index contributed by atoms with van der Waals surface area (Å²) in [4.78, 5) is 0. The number of rotatable bonds is 2. The Balaban J connectivity index is 2.17. The number of benzene rings is 1. The van der Waals surface area contributed by atoms with Crippen LogP contribution in [0.5, 0.6) is 5.75 Å². The molecule has 1 aromatic carbocycles. The van der Waals surface area contributed by atoms with Crippen LogP contribution < -0.4 is 5.32 Å². The Kier molecular flexibility index (Phi) is 2.91. The molecule has 82 valence electrons. The van der Waals surface area contributed by atoms with Gasteiger partial charge in [-0.1, -0.05) is 12.1 Å². The lowest BCUT2D eigenvalue weighted by Crippen LogP contribution is -2.23. The normalized spacial score (nSPS) is 20.8. The van der Waals surface area contributed by atoms with Crippen LogP contribution in [-0.4, -0.2) is 17.7 Å². The van der Waals surface area contributed by atoms with E-state index >= 15 is 0 Å². The highest BCUT2D eigenvalue weighted by molar-refractivity contribution is 5.38. The predicted octanol–water partition coefficient (Wildman–Crippen LogP) is 2.13. The van der Waals surface area contributed by atoms with Gasteiger partial charge in [0.1, 0.15) is 0 Å². The van der Waals surface area contributed by atoms with E-state index in [2.05, 4.69) is 5.32 Å². The molecule has 1 fully saturated rings. The summed E-state index contributed by atoms with van der Waals surface area (Å²) >= 11 is 0. The van der Waals surface area contributed by atoms with Crippen LogP contribution in [0.15, 0.2) is 12.1 Å². The molecule has 0 aliphatic carbocycles. The van der Waals surface area contributed by atoms with Gasteiger partial charge in [0, 0.05) is 6.04 Å². The van der Waals surface area contributed by atoms with Gasteiger partial charge in [0.15, 0.2) is 11.6 Å². The van der Waals surface area contributed by atoms with Crippen molar-refractivity contribution in [2.75, 3.05) is 6.54 Å². The zero-order chi connectivity index (χ0) is 10.8. The molecule has 3 heteroatoms. The second-order valence-electron chi connectivity index (χ2n) is 4.20. The van der Waals surface area contributed by atoms with Gasteiger partial charge in [0.2, 0.25) is 0 Å². The molecule has 2 N–H and O–H groups in total. The molecule has 0 amide bonds. The van der Waals surface area contributed by atoms with Gasteiger partial charge in [-0.05, 0) is 43.9 Å². The second-order valence-corrected chi connectivity index (χ2v) is 4.20. The molecule has 0 bridgehead atoms. The minimum Gasteiger partial charge on any atom is -0.505 e. The third kappa shape index (κ3) is 2.12. The molecule has 1 atom stereocenters. The van der Waals surface area contributed by atoms with Crippen molar-refractivity contribution in [2.45, 2.75) is 32.2 Å². The van der Waals surface area contributed by atoms with Crippen molar-refractivity contribution in [1.29, 1.82) is 0 Å². The van der Waals surface area contributed by atoms with Gasteiger partial charge in [0.05, 0.1) is 0 Å². The van der Waals surface area contributed by atoms with E-state index in [0.717, 1.165) is 13.0 Å². The van der Waals surface area contributed by atoms with E-state index < -0.39 is 5.82 Å². The average molecular weight is 209 g/mol. The molecule has 0 radical (unpaired) electrons. The summed E-state index contributed by atoms with van der Waals surface area (Å²) in [6, 6.07) is 3.92. The molecule has 1 aromatic rings. The fraction of sp³-hybridized carbons (Fsp3) is 0.500. The van der Waals surface area contributed by atoms with Crippen molar-refractivity contribution in [2.24, 2.45) is 0 Å². The van der Waals surface area contributed by atoms with E-state index in [-0.39, 0.29) is 5.75 Å². The van der Waals surface area contributed by atoms with Gasteiger partial charge in [-0.2, -0.15) is 0 Å². The monoisotopic (exact) mass is 209 g/mol. The predicted molar refractivity (Wildman–Crippen MR) is 57.5 cm³/mol. The number of aryl methyl sites for hydroxylation is 1. The molecule has 1 unspecified atom stereocenters. The van der Waals surface area contributed by atoms with E-state index in [0.29, 0.717) is 23.6 Å². The summed E-state index contributed by atoms with van der Waals surface area (Å²) in [6.45, 7) is 2.69. The molecule has 2 rings (SSSR count). The molecule has 0 spiro atoms. The van der Waals surface area contributed by atoms with Crippen LogP contribution in [0, 0.1) is 12.7 Å². The van der Waals surface area contributed by atoms with Crippen LogP contribution >= 0.6 is 0 Å². The van der Waals surface area contributed by atoms with Crippen LogP contribution in [0.3, 0.4) is 0 Å². The van der Waals surface area contributed by atoms with Gasteiger partial charge in [-0.25, -0.2) is 4.39 Å². The Hall–Kier alpha value is -1.09. The molecule has 0 aromatic heterocycles. The fourth-order valence-corrected chi connectivity index (χ4v) is 2.07. The third-order valence-electron chi connectivity index (χ3n) is 3.02. The number of aromatic hydroxyl groups is 1. The summed E-state index contributed by atoms with van der Waals surface area (Å²) in [7, 11) is 0. The fourth-order valence-electron chi connectivity index (χ4n) is 2.07. The first-order valence-electron chi connectivity index (χ1n) is 5.39. The highest BCUT2D eigenvalue weighted by atomic mass is 19.1. The lowest BCUT2D eigenvalue weighted by atomic mass is 10.0. The van der Waals surface area contributed by atoms with Gasteiger partial charge in [0.25, 0.3) is 0 Å².